The first-order valence-corrected chi connectivity index (χ1v) is 6.39. The minimum Gasteiger partial charge on any atom is -0.391 e. The van der Waals surface area contributed by atoms with Crippen LogP contribution in [0.3, 0.4) is 0 Å². The second kappa shape index (κ2) is 7.66. The van der Waals surface area contributed by atoms with Gasteiger partial charge < -0.3 is 10.4 Å². The van der Waals surface area contributed by atoms with E-state index < -0.39 is 6.10 Å². The van der Waals surface area contributed by atoms with Gasteiger partial charge in [0, 0.05) is 6.42 Å². The number of hydrogen-bond donors (Lipinski definition) is 2. The third kappa shape index (κ3) is 5.50. The maximum absolute atomic E-state index is 11.7. The molecule has 3 heteroatoms. The van der Waals surface area contributed by atoms with Gasteiger partial charge in [0.1, 0.15) is 0 Å². The zero-order chi connectivity index (χ0) is 12.7. The Balaban J connectivity index is 4.36. The molecule has 0 heterocycles. The average molecular weight is 229 g/mol. The van der Waals surface area contributed by atoms with E-state index in [0.29, 0.717) is 24.7 Å². The molecular weight excluding hydrogens is 202 g/mol. The Morgan fingerprint density at radius 1 is 1.19 bits per heavy atom. The molecule has 3 atom stereocenters. The van der Waals surface area contributed by atoms with Crippen LogP contribution in [0.4, 0.5) is 0 Å². The van der Waals surface area contributed by atoms with Crippen molar-refractivity contribution in [2.75, 3.05) is 0 Å². The van der Waals surface area contributed by atoms with Gasteiger partial charge in [0.25, 0.3) is 0 Å². The summed E-state index contributed by atoms with van der Waals surface area (Å²) in [6.07, 6.45) is 1.73. The smallest absolute Gasteiger partial charge is 0.220 e. The Kier molecular flexibility index (Phi) is 7.39. The maximum Gasteiger partial charge on any atom is 0.220 e. The first-order chi connectivity index (χ1) is 7.42. The molecule has 0 radical (unpaired) electrons. The monoisotopic (exact) mass is 229 g/mol. The summed E-state index contributed by atoms with van der Waals surface area (Å²) in [5, 5.41) is 12.8. The van der Waals surface area contributed by atoms with Gasteiger partial charge in [-0.2, -0.15) is 0 Å². The van der Waals surface area contributed by atoms with Crippen molar-refractivity contribution in [2.24, 2.45) is 11.8 Å². The molecule has 0 spiro atoms. The molecule has 3 nitrogen and oxygen atoms in total. The summed E-state index contributed by atoms with van der Waals surface area (Å²) in [5.74, 6) is 0.718. The van der Waals surface area contributed by atoms with E-state index in [4.69, 9.17) is 0 Å². The molecule has 96 valence electrons. The first-order valence-electron chi connectivity index (χ1n) is 6.39. The molecular formula is C13H27NO2. The number of aliphatic hydroxyl groups is 1. The molecule has 2 N–H and O–H groups in total. The molecule has 1 amide bonds. The zero-order valence-corrected chi connectivity index (χ0v) is 11.3. The van der Waals surface area contributed by atoms with E-state index in [1.165, 1.54) is 0 Å². The molecule has 0 aliphatic carbocycles. The average Bonchev–Trinajstić information content (AvgIpc) is 2.22. The normalized spacial score (nSPS) is 16.9. The largest absolute Gasteiger partial charge is 0.391 e. The van der Waals surface area contributed by atoms with Crippen LogP contribution in [0.5, 0.6) is 0 Å². The van der Waals surface area contributed by atoms with E-state index in [0.717, 1.165) is 6.42 Å². The Hall–Kier alpha value is -0.570. The highest BCUT2D eigenvalue weighted by molar-refractivity contribution is 5.76. The quantitative estimate of drug-likeness (QED) is 0.704. The topological polar surface area (TPSA) is 49.3 Å². The lowest BCUT2D eigenvalue weighted by Crippen LogP contribution is -2.47. The van der Waals surface area contributed by atoms with Crippen LogP contribution in [-0.4, -0.2) is 23.2 Å². The van der Waals surface area contributed by atoms with Crippen LogP contribution < -0.4 is 5.32 Å². The number of aliphatic hydroxyl groups excluding tert-OH is 1. The third-order valence-electron chi connectivity index (χ3n) is 3.01. The molecule has 16 heavy (non-hydrogen) atoms. The highest BCUT2D eigenvalue weighted by Gasteiger charge is 2.24. The van der Waals surface area contributed by atoms with E-state index in [1.807, 2.05) is 20.8 Å². The van der Waals surface area contributed by atoms with Crippen molar-refractivity contribution in [1.29, 1.82) is 0 Å². The third-order valence-corrected chi connectivity index (χ3v) is 3.01. The molecule has 0 aliphatic rings. The van der Waals surface area contributed by atoms with Gasteiger partial charge in [0.05, 0.1) is 12.1 Å². The Labute approximate surface area is 99.6 Å². The van der Waals surface area contributed by atoms with E-state index in [9.17, 15) is 9.90 Å². The minimum absolute atomic E-state index is 0.0489. The number of nitrogens with one attached hydrogen (secondary N) is 1. The highest BCUT2D eigenvalue weighted by atomic mass is 16.3. The van der Waals surface area contributed by atoms with Gasteiger partial charge in [-0.15, -0.1) is 0 Å². The summed E-state index contributed by atoms with van der Waals surface area (Å²) in [6, 6.07) is -0.110. The van der Waals surface area contributed by atoms with Crippen LogP contribution in [0.1, 0.15) is 53.9 Å². The number of rotatable bonds is 7. The number of carbonyl (C=O) groups is 1. The Bertz CT molecular complexity index is 194. The molecule has 3 unspecified atom stereocenters. The lowest BCUT2D eigenvalue weighted by atomic mass is 9.92. The molecule has 0 fully saturated rings. The molecule has 0 rings (SSSR count). The van der Waals surface area contributed by atoms with Crippen LogP contribution in [0.25, 0.3) is 0 Å². The zero-order valence-electron chi connectivity index (χ0n) is 11.3. The van der Waals surface area contributed by atoms with Crippen molar-refractivity contribution in [2.45, 2.75) is 66.0 Å². The summed E-state index contributed by atoms with van der Waals surface area (Å²) in [6.45, 7) is 10.1. The predicted octanol–water partition coefficient (Wildman–Crippen LogP) is 2.33. The fourth-order valence-electron chi connectivity index (χ4n) is 1.74. The summed E-state index contributed by atoms with van der Waals surface area (Å²) in [5.41, 5.74) is 0. The van der Waals surface area contributed by atoms with Gasteiger partial charge in [-0.3, -0.25) is 4.79 Å². The lowest BCUT2D eigenvalue weighted by Gasteiger charge is -2.28. The summed E-state index contributed by atoms with van der Waals surface area (Å²) in [4.78, 5) is 11.7. The Morgan fingerprint density at radius 2 is 1.75 bits per heavy atom. The summed E-state index contributed by atoms with van der Waals surface area (Å²) >= 11 is 0. The number of amides is 1. The molecule has 0 bridgehead atoms. The van der Waals surface area contributed by atoms with E-state index in [-0.39, 0.29) is 11.9 Å². The minimum atomic E-state index is -0.439. The van der Waals surface area contributed by atoms with Gasteiger partial charge in [-0.1, -0.05) is 41.0 Å². The summed E-state index contributed by atoms with van der Waals surface area (Å²) < 4.78 is 0. The SMILES string of the molecule is CCC(C)C(NC(=O)CC(C)C)C(O)CC. The molecule has 0 aromatic heterocycles. The number of carbonyl (C=O) groups excluding carboxylic acids is 1. The van der Waals surface area contributed by atoms with E-state index in [1.54, 1.807) is 0 Å². The fourth-order valence-corrected chi connectivity index (χ4v) is 1.74. The van der Waals surface area contributed by atoms with Crippen LogP contribution in [0.15, 0.2) is 0 Å². The lowest BCUT2D eigenvalue weighted by molar-refractivity contribution is -0.124. The van der Waals surface area contributed by atoms with Crippen LogP contribution >= 0.6 is 0 Å². The van der Waals surface area contributed by atoms with Crippen LogP contribution in [-0.2, 0) is 4.79 Å². The van der Waals surface area contributed by atoms with Crippen LogP contribution in [0.2, 0.25) is 0 Å². The second-order valence-corrected chi connectivity index (χ2v) is 5.05. The fraction of sp³-hybridized carbons (Fsp3) is 0.923. The van der Waals surface area contributed by atoms with Crippen molar-refractivity contribution in [3.63, 3.8) is 0 Å². The molecule has 0 aliphatic heterocycles. The van der Waals surface area contributed by atoms with Gasteiger partial charge in [-0.25, -0.2) is 0 Å². The first kappa shape index (κ1) is 15.4. The van der Waals surface area contributed by atoms with Gasteiger partial charge >= 0.3 is 0 Å². The molecule has 0 aromatic rings. The highest BCUT2D eigenvalue weighted by Crippen LogP contribution is 2.14. The summed E-state index contributed by atoms with van der Waals surface area (Å²) in [7, 11) is 0. The van der Waals surface area contributed by atoms with Gasteiger partial charge in [-0.05, 0) is 18.3 Å². The van der Waals surface area contributed by atoms with Crippen molar-refractivity contribution in [3.8, 4) is 0 Å². The van der Waals surface area contributed by atoms with Crippen molar-refractivity contribution >= 4 is 5.91 Å². The van der Waals surface area contributed by atoms with Gasteiger partial charge in [0.15, 0.2) is 0 Å². The van der Waals surface area contributed by atoms with E-state index in [2.05, 4.69) is 19.2 Å². The number of hydrogen-bond acceptors (Lipinski definition) is 2. The standard InChI is InChI=1S/C13H27NO2/c1-6-10(5)13(11(15)7-2)14-12(16)8-9(3)4/h9-11,13,15H,6-8H2,1-5H3,(H,14,16). The van der Waals surface area contributed by atoms with Crippen molar-refractivity contribution in [1.82, 2.24) is 5.32 Å². The Morgan fingerprint density at radius 3 is 2.12 bits per heavy atom. The van der Waals surface area contributed by atoms with Crippen molar-refractivity contribution < 1.29 is 9.90 Å². The molecule has 0 saturated carbocycles. The van der Waals surface area contributed by atoms with Crippen molar-refractivity contribution in [3.05, 3.63) is 0 Å². The van der Waals surface area contributed by atoms with Gasteiger partial charge in [0.2, 0.25) is 5.91 Å². The van der Waals surface area contributed by atoms with E-state index >= 15 is 0 Å². The predicted molar refractivity (Wildman–Crippen MR) is 67.1 cm³/mol. The second-order valence-electron chi connectivity index (χ2n) is 5.05. The van der Waals surface area contributed by atoms with Crippen LogP contribution in [0, 0.1) is 11.8 Å². The molecule has 0 aromatic carbocycles. The molecule has 0 saturated heterocycles. The maximum atomic E-state index is 11.7.